The molecule has 3 nitrogen and oxygen atoms in total. The lowest BCUT2D eigenvalue weighted by molar-refractivity contribution is 0.542. The standard InChI is InChI=1S/C9H17N3/c1-3-5-8(10)9-6-7-11-12(9)4-2/h6-8H,3-5,10H2,1-2H3. The second-order valence-electron chi connectivity index (χ2n) is 2.97. The molecule has 0 aliphatic rings. The highest BCUT2D eigenvalue weighted by Crippen LogP contribution is 2.14. The van der Waals surface area contributed by atoms with Crippen molar-refractivity contribution in [1.82, 2.24) is 9.78 Å². The van der Waals surface area contributed by atoms with Crippen molar-refractivity contribution in [3.8, 4) is 0 Å². The van der Waals surface area contributed by atoms with Crippen molar-refractivity contribution in [2.75, 3.05) is 0 Å². The number of hydrogen-bond donors (Lipinski definition) is 1. The first-order valence-electron chi connectivity index (χ1n) is 4.56. The minimum atomic E-state index is 0.150. The zero-order valence-corrected chi connectivity index (χ0v) is 7.83. The van der Waals surface area contributed by atoms with Crippen molar-refractivity contribution < 1.29 is 0 Å². The summed E-state index contributed by atoms with van der Waals surface area (Å²) in [6, 6.07) is 2.15. The highest BCUT2D eigenvalue weighted by Gasteiger charge is 2.08. The molecule has 1 aromatic rings. The van der Waals surface area contributed by atoms with E-state index in [4.69, 9.17) is 5.73 Å². The summed E-state index contributed by atoms with van der Waals surface area (Å²) in [6.07, 6.45) is 3.97. The number of aromatic nitrogens is 2. The second-order valence-corrected chi connectivity index (χ2v) is 2.97. The lowest BCUT2D eigenvalue weighted by Gasteiger charge is -2.11. The summed E-state index contributed by atoms with van der Waals surface area (Å²) in [4.78, 5) is 0. The van der Waals surface area contributed by atoms with E-state index in [-0.39, 0.29) is 6.04 Å². The summed E-state index contributed by atoms with van der Waals surface area (Å²) in [6.45, 7) is 5.13. The molecule has 0 saturated heterocycles. The normalized spacial score (nSPS) is 13.2. The van der Waals surface area contributed by atoms with Crippen molar-refractivity contribution in [2.24, 2.45) is 5.73 Å². The Labute approximate surface area is 73.6 Å². The lowest BCUT2D eigenvalue weighted by atomic mass is 10.1. The molecule has 68 valence electrons. The van der Waals surface area contributed by atoms with Gasteiger partial charge in [-0.2, -0.15) is 5.10 Å². The first-order chi connectivity index (χ1) is 5.79. The number of nitrogens with two attached hydrogens (primary N) is 1. The molecular weight excluding hydrogens is 150 g/mol. The molecule has 1 rings (SSSR count). The molecule has 0 aliphatic carbocycles. The third-order valence-corrected chi connectivity index (χ3v) is 2.03. The molecule has 0 amide bonds. The summed E-state index contributed by atoms with van der Waals surface area (Å²) in [5, 5.41) is 4.17. The summed E-state index contributed by atoms with van der Waals surface area (Å²) in [5.41, 5.74) is 7.12. The third-order valence-electron chi connectivity index (χ3n) is 2.03. The Kier molecular flexibility index (Phi) is 3.29. The number of aryl methyl sites for hydroxylation is 1. The molecule has 3 heteroatoms. The average molecular weight is 167 g/mol. The molecule has 2 N–H and O–H groups in total. The van der Waals surface area contributed by atoms with Gasteiger partial charge in [0.15, 0.2) is 0 Å². The molecule has 0 radical (unpaired) electrons. The van der Waals surface area contributed by atoms with E-state index in [0.29, 0.717) is 0 Å². The third kappa shape index (κ3) is 1.85. The van der Waals surface area contributed by atoms with Gasteiger partial charge < -0.3 is 5.73 Å². The molecule has 1 aromatic heterocycles. The smallest absolute Gasteiger partial charge is 0.0551 e. The minimum Gasteiger partial charge on any atom is -0.323 e. The Morgan fingerprint density at radius 2 is 2.33 bits per heavy atom. The Morgan fingerprint density at radius 3 is 2.92 bits per heavy atom. The van der Waals surface area contributed by atoms with E-state index < -0.39 is 0 Å². The van der Waals surface area contributed by atoms with Crippen molar-refractivity contribution in [3.63, 3.8) is 0 Å². The summed E-state index contributed by atoms with van der Waals surface area (Å²) in [5.74, 6) is 0. The number of nitrogens with zero attached hydrogens (tertiary/aromatic N) is 2. The Morgan fingerprint density at radius 1 is 1.58 bits per heavy atom. The molecule has 12 heavy (non-hydrogen) atoms. The van der Waals surface area contributed by atoms with E-state index in [0.717, 1.165) is 25.1 Å². The maximum atomic E-state index is 5.97. The van der Waals surface area contributed by atoms with Crippen molar-refractivity contribution in [2.45, 2.75) is 39.3 Å². The van der Waals surface area contributed by atoms with Crippen molar-refractivity contribution in [3.05, 3.63) is 18.0 Å². The van der Waals surface area contributed by atoms with Crippen LogP contribution in [0.3, 0.4) is 0 Å². The van der Waals surface area contributed by atoms with Gasteiger partial charge in [0, 0.05) is 18.8 Å². The van der Waals surface area contributed by atoms with Crippen LogP contribution in [0.15, 0.2) is 12.3 Å². The predicted molar refractivity (Wildman–Crippen MR) is 49.7 cm³/mol. The van der Waals surface area contributed by atoms with Crippen LogP contribution in [0, 0.1) is 0 Å². The van der Waals surface area contributed by atoms with E-state index in [1.165, 1.54) is 0 Å². The van der Waals surface area contributed by atoms with Gasteiger partial charge in [0.25, 0.3) is 0 Å². The molecule has 0 fully saturated rings. The van der Waals surface area contributed by atoms with Gasteiger partial charge in [0.2, 0.25) is 0 Å². The van der Waals surface area contributed by atoms with E-state index in [1.54, 1.807) is 0 Å². The van der Waals surface area contributed by atoms with Gasteiger partial charge in [-0.3, -0.25) is 4.68 Å². The van der Waals surface area contributed by atoms with Crippen LogP contribution in [0.1, 0.15) is 38.4 Å². The molecule has 0 bridgehead atoms. The minimum absolute atomic E-state index is 0.150. The summed E-state index contributed by atoms with van der Waals surface area (Å²) in [7, 11) is 0. The van der Waals surface area contributed by atoms with Crippen LogP contribution >= 0.6 is 0 Å². The highest BCUT2D eigenvalue weighted by molar-refractivity contribution is 5.05. The van der Waals surface area contributed by atoms with Crippen molar-refractivity contribution >= 4 is 0 Å². The predicted octanol–water partition coefficient (Wildman–Crippen LogP) is 1.70. The maximum Gasteiger partial charge on any atom is 0.0551 e. The Balaban J connectivity index is 2.71. The van der Waals surface area contributed by atoms with Gasteiger partial charge >= 0.3 is 0 Å². The molecule has 1 unspecified atom stereocenters. The molecular formula is C9H17N3. The quantitative estimate of drug-likeness (QED) is 0.741. The van der Waals surface area contributed by atoms with E-state index in [1.807, 2.05) is 16.9 Å². The van der Waals surface area contributed by atoms with Crippen molar-refractivity contribution in [1.29, 1.82) is 0 Å². The van der Waals surface area contributed by atoms with E-state index >= 15 is 0 Å². The van der Waals surface area contributed by atoms with Crippen LogP contribution in [-0.4, -0.2) is 9.78 Å². The SMILES string of the molecule is CCCC(N)c1ccnn1CC. The van der Waals surface area contributed by atoms with Gasteiger partial charge in [-0.25, -0.2) is 0 Å². The molecule has 0 aliphatic heterocycles. The van der Waals surface area contributed by atoms with Crippen LogP contribution in [0.4, 0.5) is 0 Å². The monoisotopic (exact) mass is 167 g/mol. The topological polar surface area (TPSA) is 43.8 Å². The lowest BCUT2D eigenvalue weighted by Crippen LogP contribution is -2.15. The van der Waals surface area contributed by atoms with Gasteiger partial charge in [-0.05, 0) is 19.4 Å². The van der Waals surface area contributed by atoms with Crippen LogP contribution < -0.4 is 5.73 Å². The fourth-order valence-electron chi connectivity index (χ4n) is 1.38. The van der Waals surface area contributed by atoms with Gasteiger partial charge in [-0.1, -0.05) is 13.3 Å². The molecule has 1 heterocycles. The largest absolute Gasteiger partial charge is 0.323 e. The number of rotatable bonds is 4. The molecule has 0 aromatic carbocycles. The molecule has 1 atom stereocenters. The zero-order valence-electron chi connectivity index (χ0n) is 7.83. The van der Waals surface area contributed by atoms with Crippen LogP contribution in [-0.2, 0) is 6.54 Å². The number of hydrogen-bond acceptors (Lipinski definition) is 2. The molecule has 0 spiro atoms. The van der Waals surface area contributed by atoms with E-state index in [9.17, 15) is 0 Å². The van der Waals surface area contributed by atoms with Gasteiger partial charge in [-0.15, -0.1) is 0 Å². The second kappa shape index (κ2) is 4.26. The van der Waals surface area contributed by atoms with Crippen LogP contribution in [0.5, 0.6) is 0 Å². The average Bonchev–Trinajstić information content (AvgIpc) is 2.51. The van der Waals surface area contributed by atoms with Gasteiger partial charge in [0.1, 0.15) is 0 Å². The van der Waals surface area contributed by atoms with Crippen LogP contribution in [0.25, 0.3) is 0 Å². The zero-order chi connectivity index (χ0) is 8.97. The molecule has 0 saturated carbocycles. The Bertz CT molecular complexity index is 229. The Hall–Kier alpha value is -0.830. The van der Waals surface area contributed by atoms with Crippen LogP contribution in [0.2, 0.25) is 0 Å². The van der Waals surface area contributed by atoms with E-state index in [2.05, 4.69) is 18.9 Å². The first kappa shape index (κ1) is 9.26. The summed E-state index contributed by atoms with van der Waals surface area (Å²) < 4.78 is 1.96. The van der Waals surface area contributed by atoms with Gasteiger partial charge in [0.05, 0.1) is 5.69 Å². The first-order valence-corrected chi connectivity index (χ1v) is 4.56. The highest BCUT2D eigenvalue weighted by atomic mass is 15.3. The fourth-order valence-corrected chi connectivity index (χ4v) is 1.38. The maximum absolute atomic E-state index is 5.97. The fraction of sp³-hybridized carbons (Fsp3) is 0.667. The summed E-state index contributed by atoms with van der Waals surface area (Å²) >= 11 is 0.